The van der Waals surface area contributed by atoms with Crippen molar-refractivity contribution in [1.29, 1.82) is 0 Å². The summed E-state index contributed by atoms with van der Waals surface area (Å²) in [6, 6.07) is 12.2. The van der Waals surface area contributed by atoms with Crippen LogP contribution < -0.4 is 4.90 Å². The number of aromatic nitrogens is 1. The van der Waals surface area contributed by atoms with Crippen LogP contribution in [0.4, 0.5) is 5.82 Å². The lowest BCUT2D eigenvalue weighted by molar-refractivity contribution is 0.811. The molecule has 2 aromatic rings. The molecular weight excluding hydrogens is 312 g/mol. The van der Waals surface area contributed by atoms with Crippen molar-refractivity contribution in [2.75, 3.05) is 11.4 Å². The highest BCUT2D eigenvalue weighted by Crippen LogP contribution is 2.27. The highest BCUT2D eigenvalue weighted by atomic mass is 79.9. The summed E-state index contributed by atoms with van der Waals surface area (Å²) in [6.07, 6.45) is 1.68. The second-order valence-corrected chi connectivity index (χ2v) is 5.25. The molecule has 0 aliphatic rings. The summed E-state index contributed by atoms with van der Waals surface area (Å²) >= 11 is 9.43. The van der Waals surface area contributed by atoms with E-state index in [9.17, 15) is 0 Å². The Labute approximate surface area is 121 Å². The summed E-state index contributed by atoms with van der Waals surface area (Å²) in [5.41, 5.74) is 1.27. The molecule has 0 fully saturated rings. The molecule has 0 spiro atoms. The zero-order valence-electron chi connectivity index (χ0n) is 10.1. The fraction of sp³-hybridized carbons (Fsp3) is 0.214. The van der Waals surface area contributed by atoms with E-state index in [-0.39, 0.29) is 0 Å². The molecule has 0 saturated carbocycles. The van der Waals surface area contributed by atoms with Crippen molar-refractivity contribution in [2.24, 2.45) is 0 Å². The standard InChI is InChI=1S/C14H14BrClN2/c1-2-18(10-11-6-4-3-5-7-11)14-13(15)8-12(16)9-17-14/h3-9H,2,10H2,1H3. The van der Waals surface area contributed by atoms with Crippen molar-refractivity contribution in [3.63, 3.8) is 0 Å². The van der Waals surface area contributed by atoms with Crippen molar-refractivity contribution in [3.05, 3.63) is 57.7 Å². The molecule has 2 rings (SSSR count). The van der Waals surface area contributed by atoms with Crippen LogP contribution in [0.15, 0.2) is 47.1 Å². The molecule has 2 nitrogen and oxygen atoms in total. The summed E-state index contributed by atoms with van der Waals surface area (Å²) < 4.78 is 0.924. The maximum Gasteiger partial charge on any atom is 0.143 e. The number of pyridine rings is 1. The molecule has 4 heteroatoms. The Morgan fingerprint density at radius 3 is 2.61 bits per heavy atom. The first kappa shape index (κ1) is 13.4. The van der Waals surface area contributed by atoms with Crippen LogP contribution in [-0.2, 0) is 6.54 Å². The van der Waals surface area contributed by atoms with Gasteiger partial charge in [-0.1, -0.05) is 41.9 Å². The van der Waals surface area contributed by atoms with Gasteiger partial charge in [-0.2, -0.15) is 0 Å². The Balaban J connectivity index is 2.23. The zero-order chi connectivity index (χ0) is 13.0. The minimum Gasteiger partial charge on any atom is -0.352 e. The molecule has 0 radical (unpaired) electrons. The van der Waals surface area contributed by atoms with E-state index in [0.29, 0.717) is 5.02 Å². The first-order valence-corrected chi connectivity index (χ1v) is 6.97. The Morgan fingerprint density at radius 2 is 2.00 bits per heavy atom. The van der Waals surface area contributed by atoms with Crippen LogP contribution >= 0.6 is 27.5 Å². The van der Waals surface area contributed by atoms with Gasteiger partial charge in [0.15, 0.2) is 0 Å². The number of halogens is 2. The fourth-order valence-electron chi connectivity index (χ4n) is 1.78. The Hall–Kier alpha value is -1.06. The van der Waals surface area contributed by atoms with E-state index in [1.165, 1.54) is 5.56 Å². The summed E-state index contributed by atoms with van der Waals surface area (Å²) in [5, 5.41) is 0.640. The second-order valence-electron chi connectivity index (χ2n) is 3.96. The Kier molecular flexibility index (Phi) is 4.61. The van der Waals surface area contributed by atoms with Crippen LogP contribution in [0.3, 0.4) is 0 Å². The number of nitrogens with zero attached hydrogens (tertiary/aromatic N) is 2. The smallest absolute Gasteiger partial charge is 0.143 e. The summed E-state index contributed by atoms with van der Waals surface area (Å²) in [4.78, 5) is 6.60. The maximum atomic E-state index is 5.91. The molecule has 0 aliphatic carbocycles. The zero-order valence-corrected chi connectivity index (χ0v) is 12.4. The Bertz CT molecular complexity index is 516. The SMILES string of the molecule is CCN(Cc1ccccc1)c1ncc(Cl)cc1Br. The topological polar surface area (TPSA) is 16.1 Å². The van der Waals surface area contributed by atoms with E-state index in [2.05, 4.69) is 44.9 Å². The minimum absolute atomic E-state index is 0.640. The molecule has 0 N–H and O–H groups in total. The van der Waals surface area contributed by atoms with Crippen molar-refractivity contribution in [1.82, 2.24) is 4.98 Å². The highest BCUT2D eigenvalue weighted by Gasteiger charge is 2.10. The molecule has 18 heavy (non-hydrogen) atoms. The van der Waals surface area contributed by atoms with E-state index < -0.39 is 0 Å². The van der Waals surface area contributed by atoms with Crippen LogP contribution in [0.25, 0.3) is 0 Å². The van der Waals surface area contributed by atoms with Crippen LogP contribution in [0, 0.1) is 0 Å². The molecule has 1 heterocycles. The normalized spacial score (nSPS) is 10.4. The minimum atomic E-state index is 0.640. The van der Waals surface area contributed by atoms with E-state index in [1.54, 1.807) is 6.20 Å². The number of hydrogen-bond donors (Lipinski definition) is 0. The average Bonchev–Trinajstić information content (AvgIpc) is 2.38. The molecule has 0 amide bonds. The third-order valence-corrected chi connectivity index (χ3v) is 3.48. The first-order chi connectivity index (χ1) is 8.70. The van der Waals surface area contributed by atoms with Gasteiger partial charge in [-0.3, -0.25) is 0 Å². The van der Waals surface area contributed by atoms with Crippen molar-refractivity contribution in [2.45, 2.75) is 13.5 Å². The number of hydrogen-bond acceptors (Lipinski definition) is 2. The average molecular weight is 326 g/mol. The van der Waals surface area contributed by atoms with Gasteiger partial charge < -0.3 is 4.90 Å². The largest absolute Gasteiger partial charge is 0.352 e. The quantitative estimate of drug-likeness (QED) is 0.821. The molecular formula is C14H14BrClN2. The lowest BCUT2D eigenvalue weighted by Crippen LogP contribution is -2.23. The highest BCUT2D eigenvalue weighted by molar-refractivity contribution is 9.10. The molecule has 0 bridgehead atoms. The van der Waals surface area contributed by atoms with Crippen molar-refractivity contribution >= 4 is 33.3 Å². The maximum absolute atomic E-state index is 5.91. The van der Waals surface area contributed by atoms with Crippen molar-refractivity contribution in [3.8, 4) is 0 Å². The van der Waals surface area contributed by atoms with Gasteiger partial charge in [-0.25, -0.2) is 4.98 Å². The fourth-order valence-corrected chi connectivity index (χ4v) is 2.67. The number of anilines is 1. The summed E-state index contributed by atoms with van der Waals surface area (Å²) in [6.45, 7) is 3.85. The van der Waals surface area contributed by atoms with Gasteiger partial charge in [0, 0.05) is 19.3 Å². The van der Waals surface area contributed by atoms with Crippen LogP contribution in [0.2, 0.25) is 5.02 Å². The Morgan fingerprint density at radius 1 is 1.28 bits per heavy atom. The van der Waals surface area contributed by atoms with Gasteiger partial charge >= 0.3 is 0 Å². The second kappa shape index (κ2) is 6.21. The molecule has 1 aromatic heterocycles. The lowest BCUT2D eigenvalue weighted by atomic mass is 10.2. The van der Waals surface area contributed by atoms with Crippen LogP contribution in [0.1, 0.15) is 12.5 Å². The van der Waals surface area contributed by atoms with E-state index in [4.69, 9.17) is 11.6 Å². The summed E-state index contributed by atoms with van der Waals surface area (Å²) in [5.74, 6) is 0.922. The predicted octanol–water partition coefficient (Wildman–Crippen LogP) is 4.52. The van der Waals surface area contributed by atoms with Gasteiger partial charge in [0.05, 0.1) is 9.50 Å². The number of rotatable bonds is 4. The third kappa shape index (κ3) is 3.24. The van der Waals surface area contributed by atoms with Gasteiger partial charge in [-0.05, 0) is 34.5 Å². The van der Waals surface area contributed by atoms with Crippen LogP contribution in [-0.4, -0.2) is 11.5 Å². The van der Waals surface area contributed by atoms with Gasteiger partial charge in [0.2, 0.25) is 0 Å². The van der Waals surface area contributed by atoms with Gasteiger partial charge in [0.1, 0.15) is 5.82 Å². The number of benzene rings is 1. The molecule has 0 aliphatic heterocycles. The summed E-state index contributed by atoms with van der Waals surface area (Å²) in [7, 11) is 0. The van der Waals surface area contributed by atoms with E-state index in [1.807, 2.05) is 24.3 Å². The molecule has 1 aromatic carbocycles. The molecule has 0 saturated heterocycles. The lowest BCUT2D eigenvalue weighted by Gasteiger charge is -2.23. The van der Waals surface area contributed by atoms with E-state index in [0.717, 1.165) is 23.4 Å². The third-order valence-electron chi connectivity index (χ3n) is 2.69. The molecule has 0 unspecified atom stereocenters. The van der Waals surface area contributed by atoms with E-state index >= 15 is 0 Å². The molecule has 94 valence electrons. The van der Waals surface area contributed by atoms with Crippen molar-refractivity contribution < 1.29 is 0 Å². The monoisotopic (exact) mass is 324 g/mol. The first-order valence-electron chi connectivity index (χ1n) is 5.80. The van der Waals surface area contributed by atoms with Gasteiger partial charge in [0.25, 0.3) is 0 Å². The molecule has 0 atom stereocenters. The van der Waals surface area contributed by atoms with Gasteiger partial charge in [-0.15, -0.1) is 0 Å². The predicted molar refractivity (Wildman–Crippen MR) is 80.1 cm³/mol. The van der Waals surface area contributed by atoms with Crippen LogP contribution in [0.5, 0.6) is 0 Å².